The predicted octanol–water partition coefficient (Wildman–Crippen LogP) is 3.74. The molecule has 0 amide bonds. The van der Waals surface area contributed by atoms with Gasteiger partial charge in [-0.2, -0.15) is 0 Å². The summed E-state index contributed by atoms with van der Waals surface area (Å²) in [5, 5.41) is 3.56. The van der Waals surface area contributed by atoms with E-state index in [1.54, 1.807) is 11.6 Å². The molecule has 0 bridgehead atoms. The zero-order chi connectivity index (χ0) is 23.4. The maximum Gasteiger partial charge on any atom is 0.258 e. The number of rotatable bonds is 7. The van der Waals surface area contributed by atoms with Gasteiger partial charge in [0.15, 0.2) is 11.5 Å². The van der Waals surface area contributed by atoms with Crippen molar-refractivity contribution < 1.29 is 9.47 Å². The van der Waals surface area contributed by atoms with Crippen molar-refractivity contribution in [2.45, 2.75) is 38.1 Å². The van der Waals surface area contributed by atoms with Gasteiger partial charge in [-0.25, -0.2) is 4.98 Å². The Morgan fingerprint density at radius 2 is 1.97 bits per heavy atom. The van der Waals surface area contributed by atoms with Crippen LogP contribution in [0.5, 0.6) is 11.5 Å². The summed E-state index contributed by atoms with van der Waals surface area (Å²) in [5.41, 5.74) is 2.60. The first kappa shape index (κ1) is 23.1. The molecule has 176 valence electrons. The Hall–Kier alpha value is -3.06. The van der Waals surface area contributed by atoms with E-state index in [1.807, 2.05) is 31.2 Å². The third-order valence-electron chi connectivity index (χ3n) is 6.37. The standard InChI is InChI=1S/C26H34N4O3/c1-5-6-7-8-9-22-18(2)25(31)30(4)26(28-22)27-21-14-20(16-29(3)17-21)19-10-11-23-24(15-19)33-13-12-32-23/h5,8-11,15,20-21H,1,6-7,12-14,16-17H2,2-4H3,(H,27,28)/b9-8-. The summed E-state index contributed by atoms with van der Waals surface area (Å²) in [6.45, 7) is 8.62. The fourth-order valence-corrected chi connectivity index (χ4v) is 4.59. The van der Waals surface area contributed by atoms with E-state index in [4.69, 9.17) is 14.5 Å². The number of likely N-dealkylation sites (tertiary alicyclic amines) is 1. The first-order valence-electron chi connectivity index (χ1n) is 11.7. The number of ether oxygens (including phenoxy) is 2. The first-order chi connectivity index (χ1) is 16.0. The smallest absolute Gasteiger partial charge is 0.258 e. The topological polar surface area (TPSA) is 68.6 Å². The Morgan fingerprint density at radius 3 is 2.76 bits per heavy atom. The normalized spacial score (nSPS) is 20.7. The molecule has 7 nitrogen and oxygen atoms in total. The van der Waals surface area contributed by atoms with E-state index >= 15 is 0 Å². The molecule has 3 heterocycles. The Bertz CT molecular complexity index is 1090. The quantitative estimate of drug-likeness (QED) is 0.512. The van der Waals surface area contributed by atoms with E-state index in [-0.39, 0.29) is 11.6 Å². The fraction of sp³-hybridized carbons (Fsp3) is 0.462. The number of nitrogens with zero attached hydrogens (tertiary/aromatic N) is 3. The summed E-state index contributed by atoms with van der Waals surface area (Å²) in [6, 6.07) is 6.43. The average Bonchev–Trinajstić information content (AvgIpc) is 2.82. The van der Waals surface area contributed by atoms with Crippen LogP contribution in [0.3, 0.4) is 0 Å². The number of hydrogen-bond donors (Lipinski definition) is 1. The molecule has 0 saturated carbocycles. The van der Waals surface area contributed by atoms with Crippen LogP contribution in [0, 0.1) is 6.92 Å². The van der Waals surface area contributed by atoms with Crippen molar-refractivity contribution >= 4 is 12.0 Å². The van der Waals surface area contributed by atoms with E-state index in [1.165, 1.54) is 5.56 Å². The summed E-state index contributed by atoms with van der Waals surface area (Å²) in [5.74, 6) is 2.59. The lowest BCUT2D eigenvalue weighted by atomic mass is 9.88. The van der Waals surface area contributed by atoms with Crippen LogP contribution in [0.25, 0.3) is 6.08 Å². The van der Waals surface area contributed by atoms with Crippen molar-refractivity contribution in [3.63, 3.8) is 0 Å². The van der Waals surface area contributed by atoms with Crippen LogP contribution in [0.15, 0.2) is 41.7 Å². The van der Waals surface area contributed by atoms with Crippen molar-refractivity contribution in [3.8, 4) is 11.5 Å². The van der Waals surface area contributed by atoms with Crippen LogP contribution in [0.1, 0.15) is 42.0 Å². The van der Waals surface area contributed by atoms with Crippen LogP contribution in [0.2, 0.25) is 0 Å². The highest BCUT2D eigenvalue weighted by atomic mass is 16.6. The van der Waals surface area contributed by atoms with Gasteiger partial charge in [0.05, 0.1) is 5.69 Å². The van der Waals surface area contributed by atoms with Crippen molar-refractivity contribution in [3.05, 3.63) is 64.1 Å². The van der Waals surface area contributed by atoms with Gasteiger partial charge in [-0.1, -0.05) is 18.2 Å². The van der Waals surface area contributed by atoms with Crippen LogP contribution < -0.4 is 20.3 Å². The molecule has 1 saturated heterocycles. The van der Waals surface area contributed by atoms with Crippen molar-refractivity contribution in [1.82, 2.24) is 14.5 Å². The minimum Gasteiger partial charge on any atom is -0.486 e. The Morgan fingerprint density at radius 1 is 1.18 bits per heavy atom. The van der Waals surface area contributed by atoms with Crippen LogP contribution >= 0.6 is 0 Å². The SMILES string of the molecule is C=CCC/C=C\c1nc(NC2CC(c3ccc4c(c3)OCCO4)CN(C)C2)n(C)c(=O)c1C. The van der Waals surface area contributed by atoms with Crippen LogP contribution in [-0.4, -0.2) is 53.8 Å². The lowest BCUT2D eigenvalue weighted by Gasteiger charge is -2.37. The number of hydrogen-bond acceptors (Lipinski definition) is 6. The summed E-state index contributed by atoms with van der Waals surface area (Å²) in [7, 11) is 3.91. The summed E-state index contributed by atoms with van der Waals surface area (Å²) >= 11 is 0. The number of likely N-dealkylation sites (N-methyl/N-ethyl adjacent to an activating group) is 1. The molecule has 1 fully saturated rings. The lowest BCUT2D eigenvalue weighted by molar-refractivity contribution is 0.171. The van der Waals surface area contributed by atoms with E-state index in [9.17, 15) is 4.79 Å². The molecule has 2 aliphatic rings. The molecule has 0 spiro atoms. The molecule has 33 heavy (non-hydrogen) atoms. The minimum atomic E-state index is -0.0246. The summed E-state index contributed by atoms with van der Waals surface area (Å²) in [6.07, 6.45) is 8.61. The highest BCUT2D eigenvalue weighted by Crippen LogP contribution is 2.36. The summed E-state index contributed by atoms with van der Waals surface area (Å²) in [4.78, 5) is 19.9. The molecule has 2 aliphatic heterocycles. The van der Waals surface area contributed by atoms with Crippen LogP contribution in [0.4, 0.5) is 5.95 Å². The predicted molar refractivity (Wildman–Crippen MR) is 132 cm³/mol. The van der Waals surface area contributed by atoms with Gasteiger partial charge in [0.2, 0.25) is 5.95 Å². The number of allylic oxidation sites excluding steroid dienone is 2. The van der Waals surface area contributed by atoms with E-state index in [0.29, 0.717) is 30.6 Å². The van der Waals surface area contributed by atoms with E-state index < -0.39 is 0 Å². The van der Waals surface area contributed by atoms with Gasteiger partial charge in [-0.3, -0.25) is 9.36 Å². The fourth-order valence-electron chi connectivity index (χ4n) is 4.59. The molecule has 1 aromatic heterocycles. The Balaban J connectivity index is 1.53. The van der Waals surface area contributed by atoms with Gasteiger partial charge >= 0.3 is 0 Å². The number of piperidine rings is 1. The number of unbranched alkanes of at least 4 members (excludes halogenated alkanes) is 1. The van der Waals surface area contributed by atoms with Gasteiger partial charge in [0, 0.05) is 31.7 Å². The maximum absolute atomic E-state index is 12.8. The third-order valence-corrected chi connectivity index (χ3v) is 6.37. The highest BCUT2D eigenvalue weighted by molar-refractivity contribution is 5.51. The summed E-state index contributed by atoms with van der Waals surface area (Å²) < 4.78 is 13.1. The molecule has 2 aromatic rings. The van der Waals surface area contributed by atoms with E-state index in [2.05, 4.69) is 36.0 Å². The zero-order valence-corrected chi connectivity index (χ0v) is 19.8. The molecule has 2 unspecified atom stereocenters. The molecule has 2 atom stereocenters. The van der Waals surface area contributed by atoms with Gasteiger partial charge in [0.1, 0.15) is 13.2 Å². The molecule has 1 N–H and O–H groups in total. The lowest BCUT2D eigenvalue weighted by Crippen LogP contribution is -2.44. The monoisotopic (exact) mass is 450 g/mol. The molecular formula is C26H34N4O3. The van der Waals surface area contributed by atoms with Gasteiger partial charge in [-0.05, 0) is 62.9 Å². The largest absolute Gasteiger partial charge is 0.486 e. The number of anilines is 1. The molecule has 0 aliphatic carbocycles. The average molecular weight is 451 g/mol. The maximum atomic E-state index is 12.8. The first-order valence-corrected chi connectivity index (χ1v) is 11.7. The van der Waals surface area contributed by atoms with Gasteiger partial charge < -0.3 is 19.7 Å². The van der Waals surface area contributed by atoms with E-state index in [0.717, 1.165) is 49.5 Å². The van der Waals surface area contributed by atoms with Crippen LogP contribution in [-0.2, 0) is 7.05 Å². The second-order valence-corrected chi connectivity index (χ2v) is 8.98. The zero-order valence-electron chi connectivity index (χ0n) is 19.8. The minimum absolute atomic E-state index is 0.0246. The van der Waals surface area contributed by atoms with Crippen molar-refractivity contribution in [1.29, 1.82) is 0 Å². The number of aromatic nitrogens is 2. The highest BCUT2D eigenvalue weighted by Gasteiger charge is 2.28. The second kappa shape index (κ2) is 10.3. The van der Waals surface area contributed by atoms with Gasteiger partial charge in [-0.15, -0.1) is 6.58 Å². The molecule has 4 rings (SSSR count). The third kappa shape index (κ3) is 5.30. The number of benzene rings is 1. The van der Waals surface area contributed by atoms with Crippen molar-refractivity contribution in [2.24, 2.45) is 7.05 Å². The molecule has 1 aromatic carbocycles. The van der Waals surface area contributed by atoms with Gasteiger partial charge in [0.25, 0.3) is 5.56 Å². The second-order valence-electron chi connectivity index (χ2n) is 8.98. The Labute approximate surface area is 195 Å². The number of nitrogens with one attached hydrogen (secondary N) is 1. The number of fused-ring (bicyclic) bond motifs is 1. The molecule has 0 radical (unpaired) electrons. The molecular weight excluding hydrogens is 416 g/mol. The van der Waals surface area contributed by atoms with Crippen molar-refractivity contribution in [2.75, 3.05) is 38.7 Å². The molecule has 7 heteroatoms. The Kier molecular flexibility index (Phi) is 7.18.